The van der Waals surface area contributed by atoms with Crippen molar-refractivity contribution in [2.24, 2.45) is 0 Å². The topological polar surface area (TPSA) is 66.8 Å². The molecule has 2 unspecified atom stereocenters. The fourth-order valence-corrected chi connectivity index (χ4v) is 2.45. The summed E-state index contributed by atoms with van der Waals surface area (Å²) < 4.78 is 18.9. The minimum absolute atomic E-state index is 0.0603. The number of nitrogens with zero attached hydrogens (tertiary/aromatic N) is 1. The number of ether oxygens (including phenoxy) is 1. The van der Waals surface area contributed by atoms with E-state index in [1.807, 2.05) is 0 Å². The molecule has 6 heteroatoms. The highest BCUT2D eigenvalue weighted by atomic mass is 19.1. The predicted molar refractivity (Wildman–Crippen MR) is 97.2 cm³/mol. The first-order valence-electron chi connectivity index (χ1n) is 8.98. The molecule has 1 fully saturated rings. The second kappa shape index (κ2) is 13.6. The number of alkyl halides is 1. The Bertz CT molecular complexity index is 462. The molecule has 1 aliphatic heterocycles. The highest BCUT2D eigenvalue weighted by Gasteiger charge is 2.34. The number of rotatable bonds is 8. The second-order valence-corrected chi connectivity index (χ2v) is 5.92. The number of carbonyl (C=O) groups excluding carboxylic acids is 1. The lowest BCUT2D eigenvalue weighted by molar-refractivity contribution is -0.133. The highest BCUT2D eigenvalue weighted by molar-refractivity contribution is 5.89. The average molecular weight is 357 g/mol. The summed E-state index contributed by atoms with van der Waals surface area (Å²) in [7, 11) is 0. The van der Waals surface area contributed by atoms with Gasteiger partial charge in [0.2, 0.25) is 5.91 Å². The van der Waals surface area contributed by atoms with E-state index in [4.69, 9.17) is 9.84 Å². The van der Waals surface area contributed by atoms with Crippen LogP contribution in [0.4, 0.5) is 4.39 Å². The molecule has 5 nitrogen and oxygen atoms in total. The summed E-state index contributed by atoms with van der Waals surface area (Å²) in [5.74, 6) is -1.04. The van der Waals surface area contributed by atoms with Crippen molar-refractivity contribution in [3.63, 3.8) is 0 Å². The van der Waals surface area contributed by atoms with Crippen molar-refractivity contribution in [1.82, 2.24) is 4.90 Å². The molecule has 0 aromatic carbocycles. The molecule has 144 valence electrons. The number of likely N-dealkylation sites (tertiary alicyclic amines) is 1. The highest BCUT2D eigenvalue weighted by Crippen LogP contribution is 2.21. The minimum atomic E-state index is -0.989. The van der Waals surface area contributed by atoms with Gasteiger partial charge in [0.05, 0.1) is 31.4 Å². The van der Waals surface area contributed by atoms with Crippen LogP contribution in [0.15, 0.2) is 23.8 Å². The SMILES string of the molecule is C/C=C\C(=C/CCOCC1CC(F)CN1C(=O)CC)C(=O)O.CCC. The quantitative estimate of drug-likeness (QED) is 0.408. The van der Waals surface area contributed by atoms with Gasteiger partial charge in [0.15, 0.2) is 0 Å². The molecule has 2 atom stereocenters. The molecule has 1 N–H and O–H groups in total. The van der Waals surface area contributed by atoms with Gasteiger partial charge in [0.25, 0.3) is 0 Å². The molecule has 25 heavy (non-hydrogen) atoms. The van der Waals surface area contributed by atoms with Gasteiger partial charge in [0.1, 0.15) is 6.17 Å². The van der Waals surface area contributed by atoms with Crippen LogP contribution in [0.1, 0.15) is 53.4 Å². The first-order valence-corrected chi connectivity index (χ1v) is 8.98. The van der Waals surface area contributed by atoms with Gasteiger partial charge in [-0.1, -0.05) is 45.4 Å². The third kappa shape index (κ3) is 9.39. The second-order valence-electron chi connectivity index (χ2n) is 5.92. The van der Waals surface area contributed by atoms with Crippen LogP contribution in [0.5, 0.6) is 0 Å². The zero-order valence-electron chi connectivity index (χ0n) is 15.8. The molecule has 1 aliphatic rings. The number of allylic oxidation sites excluding steroid dienone is 1. The van der Waals surface area contributed by atoms with Crippen molar-refractivity contribution >= 4 is 11.9 Å². The number of halogens is 1. The van der Waals surface area contributed by atoms with Gasteiger partial charge in [-0.25, -0.2) is 9.18 Å². The maximum Gasteiger partial charge on any atom is 0.335 e. The van der Waals surface area contributed by atoms with E-state index in [9.17, 15) is 14.0 Å². The lowest BCUT2D eigenvalue weighted by Crippen LogP contribution is -2.38. The molecule has 1 rings (SSSR count). The van der Waals surface area contributed by atoms with Crippen LogP contribution in [-0.2, 0) is 14.3 Å². The van der Waals surface area contributed by atoms with Crippen LogP contribution in [0, 0.1) is 0 Å². The predicted octanol–water partition coefficient (Wildman–Crippen LogP) is 3.75. The summed E-state index contributed by atoms with van der Waals surface area (Å²) in [5.41, 5.74) is 0.221. The Hall–Kier alpha value is -1.69. The Labute approximate surface area is 150 Å². The van der Waals surface area contributed by atoms with Crippen molar-refractivity contribution in [1.29, 1.82) is 0 Å². The number of amides is 1. The van der Waals surface area contributed by atoms with Gasteiger partial charge in [-0.3, -0.25) is 4.79 Å². The normalized spacial score (nSPS) is 20.5. The van der Waals surface area contributed by atoms with E-state index in [0.29, 0.717) is 25.9 Å². The van der Waals surface area contributed by atoms with Crippen LogP contribution in [0.3, 0.4) is 0 Å². The number of carboxylic acids is 1. The molecule has 0 aliphatic carbocycles. The van der Waals surface area contributed by atoms with Gasteiger partial charge in [-0.2, -0.15) is 0 Å². The van der Waals surface area contributed by atoms with Crippen LogP contribution in [0.2, 0.25) is 0 Å². The maximum atomic E-state index is 13.4. The van der Waals surface area contributed by atoms with Crippen molar-refractivity contribution in [3.8, 4) is 0 Å². The molecule has 0 radical (unpaired) electrons. The molecule has 0 aromatic rings. The lowest BCUT2D eigenvalue weighted by atomic mass is 10.2. The van der Waals surface area contributed by atoms with Crippen LogP contribution in [-0.4, -0.2) is 53.9 Å². The summed E-state index contributed by atoms with van der Waals surface area (Å²) in [5, 5.41) is 8.94. The van der Waals surface area contributed by atoms with E-state index in [-0.39, 0.29) is 30.7 Å². The first kappa shape index (κ1) is 23.3. The molecular formula is C19H32FNO4. The zero-order valence-corrected chi connectivity index (χ0v) is 15.8. The zero-order chi connectivity index (χ0) is 19.2. The fraction of sp³-hybridized carbons (Fsp3) is 0.684. The Morgan fingerprint density at radius 1 is 1.32 bits per heavy atom. The summed E-state index contributed by atoms with van der Waals surface area (Å²) >= 11 is 0. The van der Waals surface area contributed by atoms with E-state index in [2.05, 4.69) is 13.8 Å². The van der Waals surface area contributed by atoms with Gasteiger partial charge < -0.3 is 14.7 Å². The van der Waals surface area contributed by atoms with Crippen molar-refractivity contribution < 1.29 is 23.8 Å². The minimum Gasteiger partial charge on any atom is -0.478 e. The Morgan fingerprint density at radius 2 is 1.96 bits per heavy atom. The summed E-state index contributed by atoms with van der Waals surface area (Å²) in [6.45, 7) is 8.53. The summed E-state index contributed by atoms with van der Waals surface area (Å²) in [6, 6.07) is -0.221. The van der Waals surface area contributed by atoms with Crippen molar-refractivity contribution in [3.05, 3.63) is 23.8 Å². The Morgan fingerprint density at radius 3 is 2.48 bits per heavy atom. The van der Waals surface area contributed by atoms with E-state index in [1.54, 1.807) is 30.9 Å². The summed E-state index contributed by atoms with van der Waals surface area (Å²) in [6.07, 6.45) is 6.16. The fourth-order valence-electron chi connectivity index (χ4n) is 2.45. The van der Waals surface area contributed by atoms with E-state index >= 15 is 0 Å². The molecule has 1 heterocycles. The summed E-state index contributed by atoms with van der Waals surface area (Å²) in [4.78, 5) is 24.2. The van der Waals surface area contributed by atoms with Crippen molar-refractivity contribution in [2.75, 3.05) is 19.8 Å². The average Bonchev–Trinajstić information content (AvgIpc) is 2.94. The maximum absolute atomic E-state index is 13.4. The van der Waals surface area contributed by atoms with E-state index < -0.39 is 12.1 Å². The standard InChI is InChI=1S/C16H24FNO4.C3H8/c1-3-6-12(16(20)21)7-5-8-22-11-14-9-13(17)10-18(14)15(19)4-2;1-3-2/h3,6-7,13-14H,4-5,8-11H2,1-2H3,(H,20,21);3H2,1-2H3/b6-3-,12-7+;. The van der Waals surface area contributed by atoms with E-state index in [0.717, 1.165) is 0 Å². The molecular weight excluding hydrogens is 325 g/mol. The van der Waals surface area contributed by atoms with E-state index in [1.165, 1.54) is 12.5 Å². The third-order valence-corrected chi connectivity index (χ3v) is 3.52. The molecule has 1 saturated heterocycles. The molecule has 0 saturated carbocycles. The Balaban J connectivity index is 0.00000178. The Kier molecular flexibility index (Phi) is 12.7. The van der Waals surface area contributed by atoms with Crippen LogP contribution < -0.4 is 0 Å². The van der Waals surface area contributed by atoms with Gasteiger partial charge in [0, 0.05) is 12.8 Å². The number of hydrogen-bond acceptors (Lipinski definition) is 3. The smallest absolute Gasteiger partial charge is 0.335 e. The largest absolute Gasteiger partial charge is 0.478 e. The number of carbonyl (C=O) groups is 2. The number of hydrogen-bond donors (Lipinski definition) is 1. The van der Waals surface area contributed by atoms with Crippen LogP contribution in [0.25, 0.3) is 0 Å². The van der Waals surface area contributed by atoms with Gasteiger partial charge in [-0.05, 0) is 13.3 Å². The van der Waals surface area contributed by atoms with Crippen LogP contribution >= 0.6 is 0 Å². The third-order valence-electron chi connectivity index (χ3n) is 3.52. The number of carboxylic acid groups (broad SMARTS) is 1. The number of aliphatic carboxylic acids is 1. The first-order chi connectivity index (χ1) is 11.9. The molecule has 1 amide bonds. The van der Waals surface area contributed by atoms with Gasteiger partial charge in [-0.15, -0.1) is 0 Å². The van der Waals surface area contributed by atoms with Crippen molar-refractivity contribution in [2.45, 2.75) is 65.6 Å². The molecule has 0 aromatic heterocycles. The van der Waals surface area contributed by atoms with Gasteiger partial charge >= 0.3 is 5.97 Å². The lowest BCUT2D eigenvalue weighted by Gasteiger charge is -2.23. The monoisotopic (exact) mass is 357 g/mol. The molecule has 0 bridgehead atoms. The molecule has 0 spiro atoms.